The number of anilines is 1. The van der Waals surface area contributed by atoms with Gasteiger partial charge in [0.2, 0.25) is 11.8 Å². The van der Waals surface area contributed by atoms with Gasteiger partial charge in [-0.1, -0.05) is 36.8 Å². The van der Waals surface area contributed by atoms with Crippen LogP contribution in [0.3, 0.4) is 0 Å². The van der Waals surface area contributed by atoms with E-state index in [0.717, 1.165) is 56.8 Å². The highest BCUT2D eigenvalue weighted by molar-refractivity contribution is 5.93. The molecule has 1 aliphatic heterocycles. The number of hydrogen-bond acceptors (Lipinski definition) is 4. The van der Waals surface area contributed by atoms with Crippen LogP contribution in [0, 0.1) is 0 Å². The van der Waals surface area contributed by atoms with Crippen LogP contribution in [0.25, 0.3) is 0 Å². The molecule has 2 N–H and O–H groups in total. The highest BCUT2D eigenvalue weighted by atomic mass is 16.2. The number of piperazine rings is 1. The van der Waals surface area contributed by atoms with E-state index in [4.69, 9.17) is 0 Å². The Hall–Kier alpha value is -2.18. The average Bonchev–Trinajstić information content (AvgIpc) is 2.76. The summed E-state index contributed by atoms with van der Waals surface area (Å²) in [5.41, 5.74) is 3.56. The number of carbonyl (C=O) groups excluding carboxylic acids is 2. The Morgan fingerprint density at radius 1 is 0.967 bits per heavy atom. The zero-order chi connectivity index (χ0) is 21.2. The first kappa shape index (κ1) is 22.5. The SMILES string of the molecule is CCc1ccccc1NC(=O)CN1CCN(CC(=O)NCCC2=CCCCC2)CC1. The summed E-state index contributed by atoms with van der Waals surface area (Å²) in [5, 5.41) is 6.10. The predicted octanol–water partition coefficient (Wildman–Crippen LogP) is 2.81. The third-order valence-corrected chi connectivity index (χ3v) is 6.03. The molecular weight excluding hydrogens is 376 g/mol. The molecule has 30 heavy (non-hydrogen) atoms. The van der Waals surface area contributed by atoms with E-state index in [-0.39, 0.29) is 11.8 Å². The molecule has 164 valence electrons. The minimum Gasteiger partial charge on any atom is -0.355 e. The third kappa shape index (κ3) is 7.26. The molecule has 0 atom stereocenters. The number of aryl methyl sites for hydroxylation is 1. The lowest BCUT2D eigenvalue weighted by Crippen LogP contribution is -2.51. The van der Waals surface area contributed by atoms with Crippen molar-refractivity contribution >= 4 is 17.5 Å². The molecule has 1 aromatic rings. The Bertz CT molecular complexity index is 738. The number of carbonyl (C=O) groups is 2. The maximum absolute atomic E-state index is 12.4. The first-order valence-corrected chi connectivity index (χ1v) is 11.4. The number of rotatable bonds is 9. The normalized spacial score (nSPS) is 18.0. The fraction of sp³-hybridized carbons (Fsp3) is 0.583. The van der Waals surface area contributed by atoms with Gasteiger partial charge in [0.15, 0.2) is 0 Å². The van der Waals surface area contributed by atoms with E-state index in [1.165, 1.54) is 31.3 Å². The van der Waals surface area contributed by atoms with Crippen LogP contribution >= 0.6 is 0 Å². The van der Waals surface area contributed by atoms with Crippen molar-refractivity contribution in [3.05, 3.63) is 41.5 Å². The van der Waals surface area contributed by atoms with Gasteiger partial charge >= 0.3 is 0 Å². The second-order valence-electron chi connectivity index (χ2n) is 8.32. The number of nitrogens with one attached hydrogen (secondary N) is 2. The summed E-state index contributed by atoms with van der Waals surface area (Å²) in [4.78, 5) is 29.0. The molecule has 1 heterocycles. The van der Waals surface area contributed by atoms with Crippen molar-refractivity contribution in [2.45, 2.75) is 45.4 Å². The zero-order valence-corrected chi connectivity index (χ0v) is 18.3. The highest BCUT2D eigenvalue weighted by Gasteiger charge is 2.20. The van der Waals surface area contributed by atoms with Crippen LogP contribution in [-0.4, -0.2) is 67.4 Å². The fourth-order valence-corrected chi connectivity index (χ4v) is 4.20. The summed E-state index contributed by atoms with van der Waals surface area (Å²) in [6.07, 6.45) is 9.19. The van der Waals surface area contributed by atoms with Crippen LogP contribution in [0.1, 0.15) is 44.6 Å². The molecule has 0 radical (unpaired) electrons. The van der Waals surface area contributed by atoms with Crippen molar-refractivity contribution in [2.24, 2.45) is 0 Å². The van der Waals surface area contributed by atoms with E-state index in [0.29, 0.717) is 13.1 Å². The van der Waals surface area contributed by atoms with Gasteiger partial charge in [-0.05, 0) is 50.2 Å². The summed E-state index contributed by atoms with van der Waals surface area (Å²) in [5.74, 6) is 0.132. The molecule has 2 aliphatic rings. The Labute approximate surface area is 180 Å². The minimum absolute atomic E-state index is 0.0270. The van der Waals surface area contributed by atoms with Crippen molar-refractivity contribution in [3.63, 3.8) is 0 Å². The molecule has 0 saturated carbocycles. The molecule has 1 fully saturated rings. The van der Waals surface area contributed by atoms with Crippen LogP contribution in [0.4, 0.5) is 5.69 Å². The smallest absolute Gasteiger partial charge is 0.238 e. The number of para-hydroxylation sites is 1. The molecule has 1 aromatic carbocycles. The molecule has 3 rings (SSSR count). The lowest BCUT2D eigenvalue weighted by Gasteiger charge is -2.33. The van der Waals surface area contributed by atoms with Crippen molar-refractivity contribution in [3.8, 4) is 0 Å². The van der Waals surface area contributed by atoms with Crippen LogP contribution in [0.5, 0.6) is 0 Å². The first-order valence-electron chi connectivity index (χ1n) is 11.4. The van der Waals surface area contributed by atoms with Crippen LogP contribution < -0.4 is 10.6 Å². The van der Waals surface area contributed by atoms with E-state index >= 15 is 0 Å². The summed E-state index contributed by atoms with van der Waals surface area (Å²) < 4.78 is 0. The largest absolute Gasteiger partial charge is 0.355 e. The number of amides is 2. The van der Waals surface area contributed by atoms with E-state index in [9.17, 15) is 9.59 Å². The van der Waals surface area contributed by atoms with Gasteiger partial charge in [-0.15, -0.1) is 0 Å². The first-order chi connectivity index (χ1) is 14.6. The van der Waals surface area contributed by atoms with Crippen molar-refractivity contribution < 1.29 is 9.59 Å². The van der Waals surface area contributed by atoms with Gasteiger partial charge in [0.1, 0.15) is 0 Å². The summed E-state index contributed by atoms with van der Waals surface area (Å²) in [6, 6.07) is 7.95. The average molecular weight is 413 g/mol. The van der Waals surface area contributed by atoms with Gasteiger partial charge in [-0.25, -0.2) is 0 Å². The maximum Gasteiger partial charge on any atom is 0.238 e. The second-order valence-corrected chi connectivity index (χ2v) is 8.32. The molecule has 0 unspecified atom stereocenters. The zero-order valence-electron chi connectivity index (χ0n) is 18.3. The Balaban J connectivity index is 1.31. The fourth-order valence-electron chi connectivity index (χ4n) is 4.20. The minimum atomic E-state index is 0.0270. The Morgan fingerprint density at radius 2 is 1.67 bits per heavy atom. The predicted molar refractivity (Wildman–Crippen MR) is 122 cm³/mol. The van der Waals surface area contributed by atoms with Gasteiger partial charge < -0.3 is 10.6 Å². The maximum atomic E-state index is 12.4. The molecule has 1 saturated heterocycles. The van der Waals surface area contributed by atoms with E-state index in [1.807, 2.05) is 24.3 Å². The quantitative estimate of drug-likeness (QED) is 0.612. The number of allylic oxidation sites excluding steroid dienone is 1. The monoisotopic (exact) mass is 412 g/mol. The summed E-state index contributed by atoms with van der Waals surface area (Å²) >= 11 is 0. The standard InChI is InChI=1S/C24H36N4O2/c1-2-21-10-6-7-11-22(21)26-24(30)19-28-16-14-27(15-17-28)18-23(29)25-13-12-20-8-4-3-5-9-20/h6-8,10-11H,2-5,9,12-19H2,1H3,(H,25,29)(H,26,30). The van der Waals surface area contributed by atoms with Crippen molar-refractivity contribution in [1.82, 2.24) is 15.1 Å². The Kier molecular flexibility index (Phi) is 8.90. The lowest BCUT2D eigenvalue weighted by atomic mass is 9.97. The molecule has 1 aliphatic carbocycles. The van der Waals surface area contributed by atoms with Crippen LogP contribution in [0.15, 0.2) is 35.9 Å². The second kappa shape index (κ2) is 11.9. The number of nitrogens with zero attached hydrogens (tertiary/aromatic N) is 2. The molecule has 6 nitrogen and oxygen atoms in total. The van der Waals surface area contributed by atoms with E-state index < -0.39 is 0 Å². The van der Waals surface area contributed by atoms with Crippen LogP contribution in [-0.2, 0) is 16.0 Å². The van der Waals surface area contributed by atoms with Crippen molar-refractivity contribution in [2.75, 3.05) is 51.1 Å². The third-order valence-electron chi connectivity index (χ3n) is 6.03. The number of benzene rings is 1. The van der Waals surface area contributed by atoms with E-state index in [2.05, 4.69) is 33.4 Å². The summed E-state index contributed by atoms with van der Waals surface area (Å²) in [7, 11) is 0. The molecule has 0 aromatic heterocycles. The van der Waals surface area contributed by atoms with Gasteiger partial charge in [0.25, 0.3) is 0 Å². The van der Waals surface area contributed by atoms with Crippen LogP contribution in [0.2, 0.25) is 0 Å². The molecule has 6 heteroatoms. The van der Waals surface area contributed by atoms with Gasteiger partial charge in [-0.2, -0.15) is 0 Å². The number of hydrogen-bond donors (Lipinski definition) is 2. The summed E-state index contributed by atoms with van der Waals surface area (Å²) in [6.45, 7) is 6.93. The molecular formula is C24H36N4O2. The highest BCUT2D eigenvalue weighted by Crippen LogP contribution is 2.19. The topological polar surface area (TPSA) is 64.7 Å². The van der Waals surface area contributed by atoms with Gasteiger partial charge in [-0.3, -0.25) is 19.4 Å². The molecule has 2 amide bonds. The van der Waals surface area contributed by atoms with Crippen molar-refractivity contribution in [1.29, 1.82) is 0 Å². The lowest BCUT2D eigenvalue weighted by molar-refractivity contribution is -0.123. The Morgan fingerprint density at radius 3 is 2.33 bits per heavy atom. The van der Waals surface area contributed by atoms with E-state index in [1.54, 1.807) is 0 Å². The van der Waals surface area contributed by atoms with Gasteiger partial charge in [0, 0.05) is 38.4 Å². The van der Waals surface area contributed by atoms with Gasteiger partial charge in [0.05, 0.1) is 13.1 Å². The molecule has 0 spiro atoms. The molecule has 0 bridgehead atoms.